The van der Waals surface area contributed by atoms with E-state index in [-0.39, 0.29) is 0 Å². The fourth-order valence-electron chi connectivity index (χ4n) is 2.29. The van der Waals surface area contributed by atoms with E-state index >= 15 is 0 Å². The van der Waals surface area contributed by atoms with Crippen molar-refractivity contribution in [1.29, 1.82) is 0 Å². The largest absolute Gasteiger partial charge is 0.416 e. The van der Waals surface area contributed by atoms with E-state index in [9.17, 15) is 13.2 Å². The van der Waals surface area contributed by atoms with Crippen molar-refractivity contribution in [1.82, 2.24) is 9.38 Å². The number of hydrogen-bond acceptors (Lipinski definition) is 2. The predicted octanol–water partition coefficient (Wildman–Crippen LogP) is 4.27. The van der Waals surface area contributed by atoms with Crippen LogP contribution in [0.1, 0.15) is 16.8 Å². The normalized spacial score (nSPS) is 11.8. The van der Waals surface area contributed by atoms with E-state index in [1.54, 1.807) is 6.07 Å². The molecule has 1 aromatic carbocycles. The molecule has 0 fully saturated rings. The molecule has 0 radical (unpaired) electrons. The fourth-order valence-corrected chi connectivity index (χ4v) is 2.29. The number of imidazole rings is 1. The van der Waals surface area contributed by atoms with Gasteiger partial charge >= 0.3 is 6.18 Å². The number of aryl methyl sites for hydroxylation is 1. The van der Waals surface area contributed by atoms with Crippen molar-refractivity contribution in [3.63, 3.8) is 0 Å². The van der Waals surface area contributed by atoms with Crippen LogP contribution < -0.4 is 5.32 Å². The lowest BCUT2D eigenvalue weighted by Gasteiger charge is -2.09. The van der Waals surface area contributed by atoms with Crippen molar-refractivity contribution >= 4 is 11.3 Å². The van der Waals surface area contributed by atoms with Crippen LogP contribution in [0, 0.1) is 6.92 Å². The van der Waals surface area contributed by atoms with Crippen molar-refractivity contribution in [3.05, 3.63) is 65.6 Å². The van der Waals surface area contributed by atoms with Crippen LogP contribution in [0.15, 0.2) is 48.8 Å². The van der Waals surface area contributed by atoms with Gasteiger partial charge < -0.3 is 9.72 Å². The van der Waals surface area contributed by atoms with Gasteiger partial charge in [-0.3, -0.25) is 0 Å². The van der Waals surface area contributed by atoms with Gasteiger partial charge in [0, 0.05) is 18.1 Å². The Bertz CT molecular complexity index is 806. The van der Waals surface area contributed by atoms with Crippen LogP contribution in [0.25, 0.3) is 5.65 Å². The molecule has 114 valence electrons. The third kappa shape index (κ3) is 2.90. The second kappa shape index (κ2) is 5.36. The van der Waals surface area contributed by atoms with Gasteiger partial charge in [0.2, 0.25) is 0 Å². The number of anilines is 1. The van der Waals surface area contributed by atoms with Gasteiger partial charge in [0.25, 0.3) is 0 Å². The highest BCUT2D eigenvalue weighted by Gasteiger charge is 2.30. The summed E-state index contributed by atoms with van der Waals surface area (Å²) >= 11 is 0. The molecule has 0 bridgehead atoms. The molecular weight excluding hydrogens is 291 g/mol. The Morgan fingerprint density at radius 3 is 2.73 bits per heavy atom. The van der Waals surface area contributed by atoms with Crippen LogP contribution in [0.5, 0.6) is 0 Å². The molecule has 22 heavy (non-hydrogen) atoms. The average molecular weight is 305 g/mol. The SMILES string of the molecule is Cc1cccn2cc(CNc3cccc(C(F)(F)F)c3)nc12. The molecule has 0 saturated carbocycles. The zero-order valence-electron chi connectivity index (χ0n) is 11.9. The van der Waals surface area contributed by atoms with Crippen molar-refractivity contribution in [2.24, 2.45) is 0 Å². The van der Waals surface area contributed by atoms with Gasteiger partial charge in [-0.25, -0.2) is 4.98 Å². The molecule has 1 N–H and O–H groups in total. The quantitative estimate of drug-likeness (QED) is 0.783. The highest BCUT2D eigenvalue weighted by molar-refractivity contribution is 5.50. The molecular formula is C16H14F3N3. The number of nitrogens with zero attached hydrogens (tertiary/aromatic N) is 2. The molecule has 3 rings (SSSR count). The summed E-state index contributed by atoms with van der Waals surface area (Å²) in [5.74, 6) is 0. The number of pyridine rings is 1. The fraction of sp³-hybridized carbons (Fsp3) is 0.188. The first kappa shape index (κ1) is 14.4. The summed E-state index contributed by atoms with van der Waals surface area (Å²) < 4.78 is 39.9. The molecule has 0 aliphatic rings. The number of rotatable bonds is 3. The Hall–Kier alpha value is -2.50. The van der Waals surface area contributed by atoms with E-state index in [1.165, 1.54) is 6.07 Å². The first-order valence-corrected chi connectivity index (χ1v) is 6.78. The van der Waals surface area contributed by atoms with Gasteiger partial charge in [-0.05, 0) is 36.8 Å². The summed E-state index contributed by atoms with van der Waals surface area (Å²) in [4.78, 5) is 4.48. The van der Waals surface area contributed by atoms with E-state index in [0.717, 1.165) is 29.0 Å². The first-order chi connectivity index (χ1) is 10.4. The zero-order chi connectivity index (χ0) is 15.7. The lowest BCUT2D eigenvalue weighted by molar-refractivity contribution is -0.137. The molecule has 0 amide bonds. The topological polar surface area (TPSA) is 29.3 Å². The summed E-state index contributed by atoms with van der Waals surface area (Å²) in [5, 5.41) is 2.98. The van der Waals surface area contributed by atoms with Crippen molar-refractivity contribution in [3.8, 4) is 0 Å². The Morgan fingerprint density at radius 2 is 2.00 bits per heavy atom. The van der Waals surface area contributed by atoms with E-state index in [2.05, 4.69) is 10.3 Å². The molecule has 2 aromatic heterocycles. The van der Waals surface area contributed by atoms with E-state index in [0.29, 0.717) is 12.2 Å². The minimum absolute atomic E-state index is 0.364. The average Bonchev–Trinajstić information content (AvgIpc) is 2.89. The summed E-state index contributed by atoms with van der Waals surface area (Å²) in [6, 6.07) is 9.04. The maximum absolute atomic E-state index is 12.7. The molecule has 2 heterocycles. The zero-order valence-corrected chi connectivity index (χ0v) is 11.9. The van der Waals surface area contributed by atoms with Gasteiger partial charge in [0.1, 0.15) is 5.65 Å². The maximum atomic E-state index is 12.7. The molecule has 3 aromatic rings. The Labute approximate surface area is 125 Å². The molecule has 6 heteroatoms. The molecule has 0 unspecified atom stereocenters. The summed E-state index contributed by atoms with van der Waals surface area (Å²) in [6.45, 7) is 2.33. The number of nitrogens with one attached hydrogen (secondary N) is 1. The van der Waals surface area contributed by atoms with E-state index in [1.807, 2.05) is 35.9 Å². The monoisotopic (exact) mass is 305 g/mol. The van der Waals surface area contributed by atoms with Crippen molar-refractivity contribution < 1.29 is 13.2 Å². The lowest BCUT2D eigenvalue weighted by atomic mass is 10.2. The second-order valence-corrected chi connectivity index (χ2v) is 5.09. The van der Waals surface area contributed by atoms with Crippen LogP contribution in [-0.2, 0) is 12.7 Å². The summed E-state index contributed by atoms with van der Waals surface area (Å²) in [7, 11) is 0. The highest BCUT2D eigenvalue weighted by atomic mass is 19.4. The maximum Gasteiger partial charge on any atom is 0.416 e. The number of halogens is 3. The predicted molar refractivity (Wildman–Crippen MR) is 78.7 cm³/mol. The van der Waals surface area contributed by atoms with E-state index < -0.39 is 11.7 Å². The summed E-state index contributed by atoms with van der Waals surface area (Å²) in [6.07, 6.45) is -0.579. The minimum Gasteiger partial charge on any atom is -0.379 e. The molecule has 0 atom stereocenters. The first-order valence-electron chi connectivity index (χ1n) is 6.78. The summed E-state index contributed by atoms with van der Waals surface area (Å²) in [5.41, 5.74) is 2.43. The van der Waals surface area contributed by atoms with Gasteiger partial charge in [0.15, 0.2) is 0 Å². The number of benzene rings is 1. The van der Waals surface area contributed by atoms with Gasteiger partial charge in [0.05, 0.1) is 17.8 Å². The number of hydrogen-bond donors (Lipinski definition) is 1. The molecule has 0 aliphatic heterocycles. The molecule has 3 nitrogen and oxygen atoms in total. The Morgan fingerprint density at radius 1 is 1.18 bits per heavy atom. The Balaban J connectivity index is 1.78. The standard InChI is InChI=1S/C16H14F3N3/c1-11-4-3-7-22-10-14(21-15(11)22)9-20-13-6-2-5-12(8-13)16(17,18)19/h2-8,10,20H,9H2,1H3. The van der Waals surface area contributed by atoms with Crippen LogP contribution in [-0.4, -0.2) is 9.38 Å². The second-order valence-electron chi connectivity index (χ2n) is 5.09. The lowest BCUT2D eigenvalue weighted by Crippen LogP contribution is -2.06. The van der Waals surface area contributed by atoms with Crippen molar-refractivity contribution in [2.75, 3.05) is 5.32 Å². The highest BCUT2D eigenvalue weighted by Crippen LogP contribution is 2.30. The van der Waals surface area contributed by atoms with Crippen LogP contribution >= 0.6 is 0 Å². The number of fused-ring (bicyclic) bond motifs is 1. The van der Waals surface area contributed by atoms with E-state index in [4.69, 9.17) is 0 Å². The third-order valence-electron chi connectivity index (χ3n) is 3.39. The molecule has 0 aliphatic carbocycles. The van der Waals surface area contributed by atoms with Crippen molar-refractivity contribution in [2.45, 2.75) is 19.6 Å². The molecule has 0 spiro atoms. The van der Waals surface area contributed by atoms with Gasteiger partial charge in [-0.15, -0.1) is 0 Å². The third-order valence-corrected chi connectivity index (χ3v) is 3.39. The molecule has 0 saturated heterocycles. The minimum atomic E-state index is -4.34. The van der Waals surface area contributed by atoms with Crippen LogP contribution in [0.2, 0.25) is 0 Å². The smallest absolute Gasteiger partial charge is 0.379 e. The van der Waals surface area contributed by atoms with Gasteiger partial charge in [-0.2, -0.15) is 13.2 Å². The Kier molecular flexibility index (Phi) is 3.52. The van der Waals surface area contributed by atoms with Gasteiger partial charge in [-0.1, -0.05) is 12.1 Å². The van der Waals surface area contributed by atoms with Crippen LogP contribution in [0.4, 0.5) is 18.9 Å². The number of alkyl halides is 3. The number of aromatic nitrogens is 2. The van der Waals surface area contributed by atoms with Crippen LogP contribution in [0.3, 0.4) is 0 Å².